The Bertz CT molecular complexity index is 1040. The van der Waals surface area contributed by atoms with Crippen LogP contribution in [0.4, 0.5) is 4.79 Å². The summed E-state index contributed by atoms with van der Waals surface area (Å²) in [7, 11) is -3.86. The van der Waals surface area contributed by atoms with Crippen molar-refractivity contribution in [3.8, 4) is 11.1 Å². The molecule has 2 aromatic carbocycles. The molecule has 0 bridgehead atoms. The number of rotatable bonds is 8. The molecule has 31 heavy (non-hydrogen) atoms. The van der Waals surface area contributed by atoms with Gasteiger partial charge in [-0.15, -0.1) is 0 Å². The molecule has 0 heterocycles. The minimum atomic E-state index is -3.86. The van der Waals surface area contributed by atoms with Crippen LogP contribution >= 0.6 is 0 Å². The van der Waals surface area contributed by atoms with Crippen LogP contribution in [0.15, 0.2) is 59.5 Å². The normalized spacial score (nSPS) is 15.2. The monoisotopic (exact) mass is 443 g/mol. The van der Waals surface area contributed by atoms with Gasteiger partial charge in [0.2, 0.25) is 0 Å². The van der Waals surface area contributed by atoms with E-state index in [1.807, 2.05) is 36.4 Å². The summed E-state index contributed by atoms with van der Waals surface area (Å²) in [4.78, 5) is 25.2. The Morgan fingerprint density at radius 1 is 1.03 bits per heavy atom. The zero-order valence-electron chi connectivity index (χ0n) is 18.1. The van der Waals surface area contributed by atoms with Gasteiger partial charge in [0.25, 0.3) is 0 Å². The molecule has 6 nitrogen and oxygen atoms in total. The van der Waals surface area contributed by atoms with Gasteiger partial charge in [0.05, 0.1) is 10.9 Å². The first-order valence-corrected chi connectivity index (χ1v) is 12.1. The van der Waals surface area contributed by atoms with Crippen LogP contribution in [0.3, 0.4) is 0 Å². The van der Waals surface area contributed by atoms with Crippen molar-refractivity contribution < 1.29 is 22.7 Å². The second-order valence-corrected chi connectivity index (χ2v) is 11.0. The lowest BCUT2D eigenvalue weighted by Crippen LogP contribution is -2.45. The summed E-state index contributed by atoms with van der Waals surface area (Å²) in [5.41, 5.74) is 0.945. The molecule has 166 valence electrons. The summed E-state index contributed by atoms with van der Waals surface area (Å²) in [5, 5.41) is 2.58. The van der Waals surface area contributed by atoms with Gasteiger partial charge in [0, 0.05) is 0 Å². The highest BCUT2D eigenvalue weighted by molar-refractivity contribution is 7.92. The van der Waals surface area contributed by atoms with Crippen LogP contribution in [0.5, 0.6) is 0 Å². The van der Waals surface area contributed by atoms with Crippen LogP contribution in [0.25, 0.3) is 11.1 Å². The minimum absolute atomic E-state index is 0.0876. The van der Waals surface area contributed by atoms with Crippen molar-refractivity contribution in [2.45, 2.75) is 56.6 Å². The number of hydrogen-bond acceptors (Lipinski definition) is 5. The lowest BCUT2D eigenvalue weighted by Gasteiger charge is -2.23. The van der Waals surface area contributed by atoms with E-state index in [0.717, 1.165) is 24.0 Å². The molecule has 1 saturated carbocycles. The van der Waals surface area contributed by atoms with Gasteiger partial charge in [-0.2, -0.15) is 0 Å². The largest absolute Gasteiger partial charge is 0.444 e. The molecule has 0 unspecified atom stereocenters. The van der Waals surface area contributed by atoms with Crippen LogP contribution in [0.1, 0.15) is 40.0 Å². The summed E-state index contributed by atoms with van der Waals surface area (Å²) in [6, 6.07) is 15.1. The predicted molar refractivity (Wildman–Crippen MR) is 119 cm³/mol. The molecule has 1 aliphatic rings. The average Bonchev–Trinajstić information content (AvgIpc) is 3.50. The van der Waals surface area contributed by atoms with Gasteiger partial charge < -0.3 is 10.1 Å². The molecule has 7 heteroatoms. The fourth-order valence-electron chi connectivity index (χ4n) is 3.28. The lowest BCUT2D eigenvalue weighted by molar-refractivity contribution is -0.119. The number of ketones is 1. The Morgan fingerprint density at radius 2 is 1.68 bits per heavy atom. The molecule has 0 aromatic heterocycles. The Morgan fingerprint density at radius 3 is 2.29 bits per heavy atom. The van der Waals surface area contributed by atoms with Gasteiger partial charge in [-0.1, -0.05) is 55.3 Å². The third-order valence-corrected chi connectivity index (χ3v) is 6.61. The number of sulfone groups is 1. The molecule has 1 aliphatic carbocycles. The third kappa shape index (κ3) is 6.92. The van der Waals surface area contributed by atoms with E-state index < -0.39 is 39.1 Å². The molecule has 1 atom stereocenters. The number of Topliss-reactive ketones (excluding diaryl/α,β-unsaturated/α-hetero) is 1. The van der Waals surface area contributed by atoms with E-state index in [2.05, 4.69) is 5.32 Å². The van der Waals surface area contributed by atoms with Gasteiger partial charge in [0.15, 0.2) is 15.6 Å². The fourth-order valence-corrected chi connectivity index (χ4v) is 4.61. The summed E-state index contributed by atoms with van der Waals surface area (Å²) in [5.74, 6) is -0.866. The number of alkyl carbamates (subject to hydrolysis) is 1. The minimum Gasteiger partial charge on any atom is -0.444 e. The van der Waals surface area contributed by atoms with Crippen molar-refractivity contribution in [2.24, 2.45) is 5.92 Å². The molecule has 0 spiro atoms. The number of carbonyl (C=O) groups excluding carboxylic acids is 2. The summed E-state index contributed by atoms with van der Waals surface area (Å²) < 4.78 is 31.2. The predicted octanol–water partition coefficient (Wildman–Crippen LogP) is 4.39. The standard InChI is InChI=1S/C24H29NO5S/c1-24(2,3)30-23(27)25-21(14-17-12-13-17)22(26)16-31(28,29)20-11-7-10-19(15-20)18-8-5-4-6-9-18/h4-11,15,17,21H,12-14,16H2,1-3H3,(H,25,27)/t21-/m0/s1. The zero-order chi connectivity index (χ0) is 22.6. The zero-order valence-corrected chi connectivity index (χ0v) is 18.9. The van der Waals surface area contributed by atoms with Crippen molar-refractivity contribution in [3.05, 3.63) is 54.6 Å². The van der Waals surface area contributed by atoms with Gasteiger partial charge in [-0.25, -0.2) is 13.2 Å². The molecule has 1 N–H and O–H groups in total. The van der Waals surface area contributed by atoms with Crippen molar-refractivity contribution in [1.29, 1.82) is 0 Å². The molecular weight excluding hydrogens is 414 g/mol. The Balaban J connectivity index is 1.75. The highest BCUT2D eigenvalue weighted by atomic mass is 32.2. The van der Waals surface area contributed by atoms with Crippen molar-refractivity contribution in [2.75, 3.05) is 5.75 Å². The number of ether oxygens (including phenoxy) is 1. The number of benzene rings is 2. The number of nitrogens with one attached hydrogen (secondary N) is 1. The molecule has 3 rings (SSSR count). The maximum atomic E-state index is 13.0. The van der Waals surface area contributed by atoms with Crippen LogP contribution in [0, 0.1) is 5.92 Å². The molecule has 1 amide bonds. The Labute approximate surface area is 183 Å². The van der Waals surface area contributed by atoms with E-state index in [9.17, 15) is 18.0 Å². The summed E-state index contributed by atoms with van der Waals surface area (Å²) >= 11 is 0. The quantitative estimate of drug-likeness (QED) is 0.654. The average molecular weight is 444 g/mol. The van der Waals surface area contributed by atoms with E-state index in [-0.39, 0.29) is 4.90 Å². The van der Waals surface area contributed by atoms with Crippen molar-refractivity contribution in [3.63, 3.8) is 0 Å². The van der Waals surface area contributed by atoms with Crippen molar-refractivity contribution >= 4 is 21.7 Å². The Kier molecular flexibility index (Phi) is 6.84. The maximum absolute atomic E-state index is 13.0. The van der Waals surface area contributed by atoms with Crippen molar-refractivity contribution in [1.82, 2.24) is 5.32 Å². The third-order valence-electron chi connectivity index (χ3n) is 4.98. The highest BCUT2D eigenvalue weighted by Gasteiger charge is 2.33. The molecule has 1 fully saturated rings. The highest BCUT2D eigenvalue weighted by Crippen LogP contribution is 2.34. The second-order valence-electron chi connectivity index (χ2n) is 9.00. The second kappa shape index (κ2) is 9.22. The van der Waals surface area contributed by atoms with Gasteiger partial charge in [0.1, 0.15) is 11.4 Å². The molecule has 0 saturated heterocycles. The first-order chi connectivity index (χ1) is 14.5. The number of hydrogen-bond donors (Lipinski definition) is 1. The number of carbonyl (C=O) groups is 2. The lowest BCUT2D eigenvalue weighted by atomic mass is 10.1. The first kappa shape index (κ1) is 23.0. The molecule has 2 aromatic rings. The van der Waals surface area contributed by atoms with E-state index in [4.69, 9.17) is 4.74 Å². The SMILES string of the molecule is CC(C)(C)OC(=O)N[C@@H](CC1CC1)C(=O)CS(=O)(=O)c1cccc(-c2ccccc2)c1. The van der Waals surface area contributed by atoms with E-state index in [1.165, 1.54) is 6.07 Å². The molecular formula is C24H29NO5S. The molecule has 0 radical (unpaired) electrons. The Hall–Kier alpha value is -2.67. The van der Waals surface area contributed by atoms with Gasteiger partial charge in [-0.05, 0) is 56.4 Å². The smallest absolute Gasteiger partial charge is 0.408 e. The van der Waals surface area contributed by atoms with Crippen LogP contribution in [-0.4, -0.2) is 37.7 Å². The number of amides is 1. The fraction of sp³-hybridized carbons (Fsp3) is 0.417. The van der Waals surface area contributed by atoms with Gasteiger partial charge in [-0.3, -0.25) is 4.79 Å². The maximum Gasteiger partial charge on any atom is 0.408 e. The summed E-state index contributed by atoms with van der Waals surface area (Å²) in [6.45, 7) is 5.19. The van der Waals surface area contributed by atoms with E-state index >= 15 is 0 Å². The van der Waals surface area contributed by atoms with Crippen LogP contribution in [-0.2, 0) is 19.4 Å². The van der Waals surface area contributed by atoms with E-state index in [1.54, 1.807) is 32.9 Å². The van der Waals surface area contributed by atoms with Crippen LogP contribution < -0.4 is 5.32 Å². The summed E-state index contributed by atoms with van der Waals surface area (Å²) in [6.07, 6.45) is 1.67. The first-order valence-electron chi connectivity index (χ1n) is 10.4. The van der Waals surface area contributed by atoms with Crippen LogP contribution in [0.2, 0.25) is 0 Å². The van der Waals surface area contributed by atoms with Gasteiger partial charge >= 0.3 is 6.09 Å². The topological polar surface area (TPSA) is 89.5 Å². The molecule has 0 aliphatic heterocycles. The van der Waals surface area contributed by atoms with E-state index in [0.29, 0.717) is 12.3 Å².